The van der Waals surface area contributed by atoms with E-state index in [1.807, 2.05) is 56.3 Å². The van der Waals surface area contributed by atoms with Gasteiger partial charge < -0.3 is 9.69 Å². The normalized spacial score (nSPS) is 11.5. The van der Waals surface area contributed by atoms with E-state index in [1.54, 1.807) is 4.90 Å². The van der Waals surface area contributed by atoms with E-state index in [0.29, 0.717) is 13.1 Å². The summed E-state index contributed by atoms with van der Waals surface area (Å²) in [5.74, 6) is -0.0207. The standard InChI is InChI=1S/C16H21NO2/c1-14(19)17(12-16(2,3)13-18)11-7-10-15-8-5-4-6-9-15/h4-10,13H,11-12H2,1-3H3/b10-7+. The third kappa shape index (κ3) is 5.51. The quantitative estimate of drug-likeness (QED) is 0.737. The van der Waals surface area contributed by atoms with Crippen molar-refractivity contribution in [3.8, 4) is 0 Å². The summed E-state index contributed by atoms with van der Waals surface area (Å²) < 4.78 is 0. The van der Waals surface area contributed by atoms with Crippen molar-refractivity contribution < 1.29 is 9.59 Å². The minimum absolute atomic E-state index is 0.0207. The highest BCUT2D eigenvalue weighted by atomic mass is 16.2. The molecular formula is C16H21NO2. The summed E-state index contributed by atoms with van der Waals surface area (Å²) in [5, 5.41) is 0. The van der Waals surface area contributed by atoms with Crippen molar-refractivity contribution in [2.75, 3.05) is 13.1 Å². The lowest BCUT2D eigenvalue weighted by atomic mass is 9.95. The maximum atomic E-state index is 11.6. The fourth-order valence-corrected chi connectivity index (χ4v) is 1.71. The number of nitrogens with zero attached hydrogens (tertiary/aromatic N) is 1. The van der Waals surface area contributed by atoms with Crippen LogP contribution in [0.4, 0.5) is 0 Å². The molecule has 1 rings (SSSR count). The van der Waals surface area contributed by atoms with Crippen LogP contribution in [0.25, 0.3) is 6.08 Å². The van der Waals surface area contributed by atoms with Gasteiger partial charge in [0.15, 0.2) is 0 Å². The molecule has 0 bridgehead atoms. The second-order valence-electron chi connectivity index (χ2n) is 5.32. The van der Waals surface area contributed by atoms with Gasteiger partial charge in [-0.1, -0.05) is 56.3 Å². The molecule has 0 saturated heterocycles. The van der Waals surface area contributed by atoms with Crippen LogP contribution in [-0.2, 0) is 9.59 Å². The molecule has 1 amide bonds. The van der Waals surface area contributed by atoms with Gasteiger partial charge in [0.2, 0.25) is 5.91 Å². The summed E-state index contributed by atoms with van der Waals surface area (Å²) in [7, 11) is 0. The molecule has 0 saturated carbocycles. The van der Waals surface area contributed by atoms with Gasteiger partial charge in [0, 0.05) is 25.4 Å². The number of benzene rings is 1. The Morgan fingerprint density at radius 2 is 1.89 bits per heavy atom. The number of hydrogen-bond acceptors (Lipinski definition) is 2. The minimum atomic E-state index is -0.508. The Bertz CT molecular complexity index is 449. The molecule has 0 aromatic heterocycles. The molecular weight excluding hydrogens is 238 g/mol. The van der Waals surface area contributed by atoms with E-state index in [9.17, 15) is 9.59 Å². The average molecular weight is 259 g/mol. The molecule has 0 fully saturated rings. The predicted octanol–water partition coefficient (Wildman–Crippen LogP) is 2.77. The van der Waals surface area contributed by atoms with Gasteiger partial charge in [0.05, 0.1) is 0 Å². The monoisotopic (exact) mass is 259 g/mol. The van der Waals surface area contributed by atoms with Crippen molar-refractivity contribution in [2.45, 2.75) is 20.8 Å². The van der Waals surface area contributed by atoms with Crippen LogP contribution in [0.15, 0.2) is 36.4 Å². The van der Waals surface area contributed by atoms with Crippen LogP contribution in [0.5, 0.6) is 0 Å². The van der Waals surface area contributed by atoms with Crippen molar-refractivity contribution in [2.24, 2.45) is 5.41 Å². The van der Waals surface area contributed by atoms with E-state index in [4.69, 9.17) is 0 Å². The van der Waals surface area contributed by atoms with Crippen molar-refractivity contribution >= 4 is 18.3 Å². The fraction of sp³-hybridized carbons (Fsp3) is 0.375. The van der Waals surface area contributed by atoms with Crippen LogP contribution in [-0.4, -0.2) is 30.2 Å². The van der Waals surface area contributed by atoms with E-state index in [0.717, 1.165) is 11.8 Å². The second-order valence-corrected chi connectivity index (χ2v) is 5.32. The Kier molecular flexibility index (Phi) is 5.49. The number of carbonyl (C=O) groups is 2. The molecule has 0 spiro atoms. The molecule has 0 radical (unpaired) electrons. The number of rotatable bonds is 6. The first-order valence-corrected chi connectivity index (χ1v) is 6.38. The number of amides is 1. The smallest absolute Gasteiger partial charge is 0.219 e. The Morgan fingerprint density at radius 1 is 1.26 bits per heavy atom. The van der Waals surface area contributed by atoms with Gasteiger partial charge in [-0.25, -0.2) is 0 Å². The lowest BCUT2D eigenvalue weighted by Crippen LogP contribution is -2.38. The third-order valence-electron chi connectivity index (χ3n) is 2.80. The van der Waals surface area contributed by atoms with E-state index in [2.05, 4.69) is 0 Å². The molecule has 1 aromatic rings. The van der Waals surface area contributed by atoms with Crippen LogP contribution in [0.2, 0.25) is 0 Å². The second kappa shape index (κ2) is 6.88. The van der Waals surface area contributed by atoms with Crippen LogP contribution in [0.3, 0.4) is 0 Å². The Labute approximate surface area is 114 Å². The molecule has 0 N–H and O–H groups in total. The highest BCUT2D eigenvalue weighted by Crippen LogP contribution is 2.13. The summed E-state index contributed by atoms with van der Waals surface area (Å²) in [6.45, 7) is 6.14. The highest BCUT2D eigenvalue weighted by Gasteiger charge is 2.21. The Morgan fingerprint density at radius 3 is 2.42 bits per heavy atom. The molecule has 0 aliphatic carbocycles. The molecule has 1 aromatic carbocycles. The summed E-state index contributed by atoms with van der Waals surface area (Å²) in [6.07, 6.45) is 4.81. The molecule has 102 valence electrons. The van der Waals surface area contributed by atoms with Crippen LogP contribution in [0.1, 0.15) is 26.3 Å². The molecule has 0 unspecified atom stereocenters. The van der Waals surface area contributed by atoms with Gasteiger partial charge in [-0.2, -0.15) is 0 Å². The molecule has 0 aliphatic heterocycles. The fourth-order valence-electron chi connectivity index (χ4n) is 1.71. The maximum absolute atomic E-state index is 11.6. The number of aldehydes is 1. The maximum Gasteiger partial charge on any atom is 0.219 e. The predicted molar refractivity (Wildman–Crippen MR) is 77.6 cm³/mol. The van der Waals surface area contributed by atoms with Gasteiger partial charge in [0.1, 0.15) is 6.29 Å². The van der Waals surface area contributed by atoms with Gasteiger partial charge in [-0.05, 0) is 5.56 Å². The Balaban J connectivity index is 2.63. The van der Waals surface area contributed by atoms with Gasteiger partial charge in [0.25, 0.3) is 0 Å². The van der Waals surface area contributed by atoms with Crippen molar-refractivity contribution in [3.05, 3.63) is 42.0 Å². The number of carbonyl (C=O) groups excluding carboxylic acids is 2. The number of hydrogen-bond donors (Lipinski definition) is 0. The topological polar surface area (TPSA) is 37.4 Å². The van der Waals surface area contributed by atoms with E-state index >= 15 is 0 Å². The first-order chi connectivity index (χ1) is 8.94. The highest BCUT2D eigenvalue weighted by molar-refractivity contribution is 5.74. The van der Waals surface area contributed by atoms with Crippen LogP contribution < -0.4 is 0 Å². The summed E-state index contributed by atoms with van der Waals surface area (Å²) >= 11 is 0. The molecule has 3 nitrogen and oxygen atoms in total. The first-order valence-electron chi connectivity index (χ1n) is 6.38. The molecule has 0 atom stereocenters. The van der Waals surface area contributed by atoms with Gasteiger partial charge in [-0.15, -0.1) is 0 Å². The third-order valence-corrected chi connectivity index (χ3v) is 2.80. The minimum Gasteiger partial charge on any atom is -0.338 e. The molecule has 3 heteroatoms. The van der Waals surface area contributed by atoms with Crippen molar-refractivity contribution in [3.63, 3.8) is 0 Å². The van der Waals surface area contributed by atoms with Crippen LogP contribution in [0, 0.1) is 5.41 Å². The zero-order valence-corrected chi connectivity index (χ0v) is 11.8. The van der Waals surface area contributed by atoms with Crippen LogP contribution >= 0.6 is 0 Å². The van der Waals surface area contributed by atoms with E-state index < -0.39 is 5.41 Å². The molecule has 0 heterocycles. The lowest BCUT2D eigenvalue weighted by Gasteiger charge is -2.27. The zero-order chi connectivity index (χ0) is 14.3. The average Bonchev–Trinajstić information content (AvgIpc) is 2.38. The SMILES string of the molecule is CC(=O)N(C/C=C/c1ccccc1)CC(C)(C)C=O. The summed E-state index contributed by atoms with van der Waals surface area (Å²) in [5.41, 5.74) is 0.590. The molecule has 0 aliphatic rings. The summed E-state index contributed by atoms with van der Waals surface area (Å²) in [4.78, 5) is 24.2. The van der Waals surface area contributed by atoms with Crippen molar-refractivity contribution in [1.82, 2.24) is 4.90 Å². The molecule has 19 heavy (non-hydrogen) atoms. The van der Waals surface area contributed by atoms with Crippen molar-refractivity contribution in [1.29, 1.82) is 0 Å². The Hall–Kier alpha value is -1.90. The van der Waals surface area contributed by atoms with E-state index in [1.165, 1.54) is 6.92 Å². The van der Waals surface area contributed by atoms with Gasteiger partial charge >= 0.3 is 0 Å². The van der Waals surface area contributed by atoms with Gasteiger partial charge in [-0.3, -0.25) is 4.79 Å². The first kappa shape index (κ1) is 15.2. The van der Waals surface area contributed by atoms with E-state index in [-0.39, 0.29) is 5.91 Å². The lowest BCUT2D eigenvalue weighted by molar-refractivity contribution is -0.130. The largest absolute Gasteiger partial charge is 0.338 e. The zero-order valence-electron chi connectivity index (χ0n) is 11.8. The summed E-state index contributed by atoms with van der Waals surface area (Å²) in [6, 6.07) is 9.91.